The standard InChI is InChI=1S/C13H19N3O/c1-16(2)11-6-3-5-10(9-11)15-13(17)12-7-4-8-14-12/h3,5-6,9,12,14H,4,7-8H2,1-2H3,(H,15,17)/t12-/m1/s1. The van der Waals surface area contributed by atoms with E-state index in [2.05, 4.69) is 10.6 Å². The fourth-order valence-corrected chi connectivity index (χ4v) is 2.00. The second-order valence-corrected chi connectivity index (χ2v) is 4.58. The van der Waals surface area contributed by atoms with Crippen LogP contribution < -0.4 is 15.5 Å². The summed E-state index contributed by atoms with van der Waals surface area (Å²) in [6, 6.07) is 7.83. The van der Waals surface area contributed by atoms with Crippen molar-refractivity contribution >= 4 is 17.3 Å². The molecular formula is C13H19N3O. The van der Waals surface area contributed by atoms with Gasteiger partial charge < -0.3 is 15.5 Å². The van der Waals surface area contributed by atoms with Crippen molar-refractivity contribution in [3.63, 3.8) is 0 Å². The largest absolute Gasteiger partial charge is 0.378 e. The summed E-state index contributed by atoms with van der Waals surface area (Å²) in [4.78, 5) is 13.9. The average molecular weight is 233 g/mol. The number of benzene rings is 1. The molecule has 1 saturated heterocycles. The summed E-state index contributed by atoms with van der Waals surface area (Å²) >= 11 is 0. The Bertz CT molecular complexity index is 397. The van der Waals surface area contributed by atoms with Gasteiger partial charge in [-0.15, -0.1) is 0 Å². The molecule has 0 bridgehead atoms. The van der Waals surface area contributed by atoms with Gasteiger partial charge in [-0.3, -0.25) is 4.79 Å². The van der Waals surface area contributed by atoms with Crippen molar-refractivity contribution in [1.82, 2.24) is 5.32 Å². The Labute approximate surface area is 102 Å². The van der Waals surface area contributed by atoms with Crippen molar-refractivity contribution in [3.05, 3.63) is 24.3 Å². The van der Waals surface area contributed by atoms with Gasteiger partial charge in [-0.1, -0.05) is 6.07 Å². The van der Waals surface area contributed by atoms with Crippen molar-refractivity contribution in [1.29, 1.82) is 0 Å². The van der Waals surface area contributed by atoms with E-state index in [1.807, 2.05) is 43.3 Å². The Kier molecular flexibility index (Phi) is 3.64. The first-order valence-electron chi connectivity index (χ1n) is 5.98. The van der Waals surface area contributed by atoms with Crippen LogP contribution in [-0.4, -0.2) is 32.6 Å². The number of anilines is 2. The van der Waals surface area contributed by atoms with Crippen LogP contribution in [0.4, 0.5) is 11.4 Å². The predicted octanol–water partition coefficient (Wildman–Crippen LogP) is 1.44. The van der Waals surface area contributed by atoms with E-state index in [1.165, 1.54) is 0 Å². The lowest BCUT2D eigenvalue weighted by molar-refractivity contribution is -0.117. The zero-order chi connectivity index (χ0) is 12.3. The minimum absolute atomic E-state index is 0.0296. The van der Waals surface area contributed by atoms with E-state index in [1.54, 1.807) is 0 Å². The lowest BCUT2D eigenvalue weighted by atomic mass is 10.2. The van der Waals surface area contributed by atoms with E-state index >= 15 is 0 Å². The maximum atomic E-state index is 11.9. The molecule has 1 aromatic rings. The lowest BCUT2D eigenvalue weighted by Gasteiger charge is -2.15. The monoisotopic (exact) mass is 233 g/mol. The molecule has 17 heavy (non-hydrogen) atoms. The van der Waals surface area contributed by atoms with Crippen LogP contribution in [0.5, 0.6) is 0 Å². The van der Waals surface area contributed by atoms with Gasteiger partial charge in [0.2, 0.25) is 5.91 Å². The smallest absolute Gasteiger partial charge is 0.241 e. The highest BCUT2D eigenvalue weighted by atomic mass is 16.2. The van der Waals surface area contributed by atoms with Crippen molar-refractivity contribution in [2.75, 3.05) is 30.9 Å². The number of nitrogens with one attached hydrogen (secondary N) is 2. The highest BCUT2D eigenvalue weighted by Crippen LogP contribution is 2.18. The molecule has 0 aliphatic carbocycles. The first-order valence-corrected chi connectivity index (χ1v) is 5.98. The third-order valence-corrected chi connectivity index (χ3v) is 3.01. The highest BCUT2D eigenvalue weighted by Gasteiger charge is 2.21. The van der Waals surface area contributed by atoms with E-state index in [4.69, 9.17) is 0 Å². The molecular weight excluding hydrogens is 214 g/mol. The quantitative estimate of drug-likeness (QED) is 0.830. The first kappa shape index (κ1) is 11.9. The van der Waals surface area contributed by atoms with E-state index in [0.717, 1.165) is 30.8 Å². The van der Waals surface area contributed by atoms with Gasteiger partial charge in [0.15, 0.2) is 0 Å². The topological polar surface area (TPSA) is 44.4 Å². The van der Waals surface area contributed by atoms with E-state index in [0.29, 0.717) is 0 Å². The third-order valence-electron chi connectivity index (χ3n) is 3.01. The van der Waals surface area contributed by atoms with Crippen molar-refractivity contribution in [2.24, 2.45) is 0 Å². The minimum Gasteiger partial charge on any atom is -0.378 e. The summed E-state index contributed by atoms with van der Waals surface area (Å²) < 4.78 is 0. The Morgan fingerprint density at radius 3 is 2.94 bits per heavy atom. The second-order valence-electron chi connectivity index (χ2n) is 4.58. The molecule has 2 N–H and O–H groups in total. The number of nitrogens with zero attached hydrogens (tertiary/aromatic N) is 1. The molecule has 4 heteroatoms. The number of hydrogen-bond acceptors (Lipinski definition) is 3. The van der Waals surface area contributed by atoms with Crippen LogP contribution in [0.1, 0.15) is 12.8 Å². The van der Waals surface area contributed by atoms with Crippen LogP contribution in [0.3, 0.4) is 0 Å². The Balaban J connectivity index is 2.02. The molecule has 1 aliphatic rings. The summed E-state index contributed by atoms with van der Waals surface area (Å²) in [7, 11) is 3.97. The first-order chi connectivity index (χ1) is 8.16. The molecule has 1 aromatic carbocycles. The van der Waals surface area contributed by atoms with Gasteiger partial charge in [-0.2, -0.15) is 0 Å². The lowest BCUT2D eigenvalue weighted by Crippen LogP contribution is -2.35. The molecule has 4 nitrogen and oxygen atoms in total. The Morgan fingerprint density at radius 2 is 2.29 bits per heavy atom. The summed E-state index contributed by atoms with van der Waals surface area (Å²) in [6.07, 6.45) is 2.01. The van der Waals surface area contributed by atoms with Crippen molar-refractivity contribution in [3.8, 4) is 0 Å². The van der Waals surface area contributed by atoms with Gasteiger partial charge in [0.1, 0.15) is 0 Å². The zero-order valence-electron chi connectivity index (χ0n) is 10.4. The number of rotatable bonds is 3. The van der Waals surface area contributed by atoms with Crippen LogP contribution in [0.15, 0.2) is 24.3 Å². The van der Waals surface area contributed by atoms with Crippen LogP contribution in [0.25, 0.3) is 0 Å². The molecule has 1 fully saturated rings. The van der Waals surface area contributed by atoms with E-state index in [-0.39, 0.29) is 11.9 Å². The normalized spacial score (nSPS) is 19.1. The van der Waals surface area contributed by atoms with Gasteiger partial charge >= 0.3 is 0 Å². The van der Waals surface area contributed by atoms with Crippen LogP contribution >= 0.6 is 0 Å². The summed E-state index contributed by atoms with van der Waals surface area (Å²) in [5.41, 5.74) is 1.94. The number of hydrogen-bond donors (Lipinski definition) is 2. The number of amides is 1. The molecule has 0 aromatic heterocycles. The van der Waals surface area contributed by atoms with Crippen molar-refractivity contribution in [2.45, 2.75) is 18.9 Å². The fourth-order valence-electron chi connectivity index (χ4n) is 2.00. The summed E-state index contributed by atoms with van der Waals surface area (Å²) in [6.45, 7) is 0.940. The van der Waals surface area contributed by atoms with Gasteiger partial charge in [-0.25, -0.2) is 0 Å². The van der Waals surface area contributed by atoms with Crippen LogP contribution in [0, 0.1) is 0 Å². The Hall–Kier alpha value is -1.55. The van der Waals surface area contributed by atoms with Gasteiger partial charge in [0.05, 0.1) is 6.04 Å². The molecule has 1 aliphatic heterocycles. The fraction of sp³-hybridized carbons (Fsp3) is 0.462. The Morgan fingerprint density at radius 1 is 1.47 bits per heavy atom. The van der Waals surface area contributed by atoms with Gasteiger partial charge in [-0.05, 0) is 37.6 Å². The molecule has 1 heterocycles. The van der Waals surface area contributed by atoms with E-state index < -0.39 is 0 Å². The predicted molar refractivity (Wildman–Crippen MR) is 70.4 cm³/mol. The SMILES string of the molecule is CN(C)c1cccc(NC(=O)[C@H]2CCCN2)c1. The minimum atomic E-state index is -0.0296. The molecule has 92 valence electrons. The average Bonchev–Trinajstić information content (AvgIpc) is 2.82. The number of carbonyl (C=O) groups excluding carboxylic acids is 1. The molecule has 0 unspecified atom stereocenters. The third kappa shape index (κ3) is 2.97. The second kappa shape index (κ2) is 5.19. The molecule has 1 amide bonds. The molecule has 2 rings (SSSR count). The molecule has 0 radical (unpaired) electrons. The summed E-state index contributed by atoms with van der Waals surface area (Å²) in [5.74, 6) is 0.0680. The molecule has 1 atom stereocenters. The van der Waals surface area contributed by atoms with Gasteiger partial charge in [0.25, 0.3) is 0 Å². The molecule has 0 spiro atoms. The van der Waals surface area contributed by atoms with Crippen LogP contribution in [0.2, 0.25) is 0 Å². The van der Waals surface area contributed by atoms with Gasteiger partial charge in [0, 0.05) is 25.5 Å². The highest BCUT2D eigenvalue weighted by molar-refractivity contribution is 5.95. The molecule has 0 saturated carbocycles. The van der Waals surface area contributed by atoms with E-state index in [9.17, 15) is 4.79 Å². The maximum Gasteiger partial charge on any atom is 0.241 e. The summed E-state index contributed by atoms with van der Waals surface area (Å²) in [5, 5.41) is 6.14. The number of carbonyl (C=O) groups is 1. The van der Waals surface area contributed by atoms with Crippen molar-refractivity contribution < 1.29 is 4.79 Å². The van der Waals surface area contributed by atoms with Crippen LogP contribution in [-0.2, 0) is 4.79 Å². The maximum absolute atomic E-state index is 11.9. The zero-order valence-corrected chi connectivity index (χ0v) is 10.4.